The van der Waals surface area contributed by atoms with Gasteiger partial charge in [-0.1, -0.05) is 48.0 Å². The van der Waals surface area contributed by atoms with Gasteiger partial charge in [0.05, 0.1) is 5.69 Å². The van der Waals surface area contributed by atoms with Crippen molar-refractivity contribution >= 4 is 49.9 Å². The normalized spacial score (nSPS) is 11.5. The first-order valence-corrected chi connectivity index (χ1v) is 11.9. The van der Waals surface area contributed by atoms with Crippen LogP contribution in [0.4, 0.5) is 17.5 Å². The summed E-state index contributed by atoms with van der Waals surface area (Å²) in [6.07, 6.45) is 0. The molecule has 0 bridgehead atoms. The van der Waals surface area contributed by atoms with Gasteiger partial charge in [-0.2, -0.15) is 13.4 Å². The maximum absolute atomic E-state index is 11.7. The van der Waals surface area contributed by atoms with Gasteiger partial charge in [0.2, 0.25) is 5.95 Å². The van der Waals surface area contributed by atoms with E-state index in [0.717, 1.165) is 16.8 Å². The Hall–Kier alpha value is -3.40. The van der Waals surface area contributed by atoms with E-state index in [9.17, 15) is 13.0 Å². The molecule has 33 heavy (non-hydrogen) atoms. The van der Waals surface area contributed by atoms with Crippen molar-refractivity contribution in [3.8, 4) is 11.3 Å². The molecule has 8 nitrogen and oxygen atoms in total. The van der Waals surface area contributed by atoms with E-state index in [-0.39, 0.29) is 10.8 Å². The average Bonchev–Trinajstić information content (AvgIpc) is 2.77. The van der Waals surface area contributed by atoms with Gasteiger partial charge in [-0.25, -0.2) is 4.98 Å². The van der Waals surface area contributed by atoms with Gasteiger partial charge in [-0.05, 0) is 30.7 Å². The number of nitrogens with zero attached hydrogens (tertiary/aromatic N) is 2. The van der Waals surface area contributed by atoms with Gasteiger partial charge in [-0.3, -0.25) is 4.55 Å². The number of benzene rings is 3. The highest BCUT2D eigenvalue weighted by molar-refractivity contribution is 7.86. The van der Waals surface area contributed by atoms with Crippen LogP contribution in [0.15, 0.2) is 65.6 Å². The first-order chi connectivity index (χ1) is 15.7. The Morgan fingerprint density at radius 3 is 2.45 bits per heavy atom. The number of rotatable bonds is 7. The minimum atomic E-state index is -4.32. The molecule has 3 aromatic carbocycles. The lowest BCUT2D eigenvalue weighted by Crippen LogP contribution is -2.15. The number of nitrogen functional groups attached to an aromatic ring is 1. The monoisotopic (exact) mass is 483 g/mol. The second-order valence-corrected chi connectivity index (χ2v) is 9.19. The Labute approximate surface area is 196 Å². The van der Waals surface area contributed by atoms with Crippen molar-refractivity contribution in [2.75, 3.05) is 29.5 Å². The van der Waals surface area contributed by atoms with Crippen LogP contribution in [-0.2, 0) is 10.1 Å². The third-order valence-electron chi connectivity index (χ3n) is 5.19. The van der Waals surface area contributed by atoms with E-state index < -0.39 is 10.1 Å². The summed E-state index contributed by atoms with van der Waals surface area (Å²) in [7, 11) is -4.32. The molecule has 0 saturated carbocycles. The molecule has 0 fully saturated rings. The van der Waals surface area contributed by atoms with Crippen molar-refractivity contribution in [1.29, 1.82) is 0 Å². The molecule has 0 aliphatic rings. The summed E-state index contributed by atoms with van der Waals surface area (Å²) in [5.41, 5.74) is 9.12. The van der Waals surface area contributed by atoms with Gasteiger partial charge >= 0.3 is 0 Å². The van der Waals surface area contributed by atoms with Crippen LogP contribution < -0.4 is 16.4 Å². The predicted octanol–water partition coefficient (Wildman–Crippen LogP) is 4.61. The van der Waals surface area contributed by atoms with Gasteiger partial charge in [0.25, 0.3) is 10.1 Å². The van der Waals surface area contributed by atoms with Gasteiger partial charge in [-0.15, -0.1) is 0 Å². The Bertz CT molecular complexity index is 1440. The molecule has 170 valence electrons. The molecular formula is C23H22ClN5O3S. The van der Waals surface area contributed by atoms with Crippen LogP contribution >= 0.6 is 11.6 Å². The molecule has 1 heterocycles. The third-order valence-corrected chi connectivity index (χ3v) is 6.51. The fourth-order valence-electron chi connectivity index (χ4n) is 3.63. The van der Waals surface area contributed by atoms with Crippen molar-refractivity contribution in [3.05, 3.63) is 71.2 Å². The van der Waals surface area contributed by atoms with Crippen molar-refractivity contribution in [2.24, 2.45) is 0 Å². The minimum absolute atomic E-state index is 0.123. The summed E-state index contributed by atoms with van der Waals surface area (Å²) in [4.78, 5) is 8.45. The number of halogens is 1. The maximum atomic E-state index is 11.7. The van der Waals surface area contributed by atoms with Crippen molar-refractivity contribution in [2.45, 2.75) is 11.8 Å². The van der Waals surface area contributed by atoms with Gasteiger partial charge in [0, 0.05) is 46.2 Å². The molecule has 4 aromatic rings. The van der Waals surface area contributed by atoms with E-state index in [2.05, 4.69) is 20.6 Å². The lowest BCUT2D eigenvalue weighted by atomic mass is 10.1. The summed E-state index contributed by atoms with van der Waals surface area (Å²) < 4.78 is 32.8. The summed E-state index contributed by atoms with van der Waals surface area (Å²) >= 11 is 6.23. The highest BCUT2D eigenvalue weighted by Crippen LogP contribution is 2.30. The molecule has 0 aliphatic heterocycles. The standard InChI is InChI=1S/C23H22ClN5O3S/c1-14-15(5-2-8-18(14)24)20-13-22(29-23(25)28-20)27-12-11-26-19-9-3-7-17-16(19)6-4-10-21(17)33(30,31)32/h2-10,13,26H,11-12H2,1H3,(H,30,31,32)(H3,25,27,28,29). The Kier molecular flexibility index (Phi) is 6.37. The Morgan fingerprint density at radius 2 is 1.67 bits per heavy atom. The molecular weight excluding hydrogens is 462 g/mol. The Balaban J connectivity index is 1.49. The number of nitrogens with one attached hydrogen (secondary N) is 2. The van der Waals surface area contributed by atoms with Gasteiger partial charge in [0.15, 0.2) is 0 Å². The second kappa shape index (κ2) is 9.22. The molecule has 10 heteroatoms. The predicted molar refractivity (Wildman–Crippen MR) is 132 cm³/mol. The van der Waals surface area contributed by atoms with E-state index in [1.807, 2.05) is 37.3 Å². The number of fused-ring (bicyclic) bond motifs is 1. The van der Waals surface area contributed by atoms with Gasteiger partial charge < -0.3 is 16.4 Å². The molecule has 0 unspecified atom stereocenters. The summed E-state index contributed by atoms with van der Waals surface area (Å²) in [6.45, 7) is 2.95. The van der Waals surface area contributed by atoms with Crippen LogP contribution in [0.1, 0.15) is 5.56 Å². The van der Waals surface area contributed by atoms with E-state index in [1.54, 1.807) is 24.3 Å². The number of anilines is 3. The lowest BCUT2D eigenvalue weighted by molar-refractivity contribution is 0.484. The molecule has 1 aromatic heterocycles. The largest absolute Gasteiger partial charge is 0.383 e. The van der Waals surface area contributed by atoms with Crippen LogP contribution in [0.2, 0.25) is 5.02 Å². The van der Waals surface area contributed by atoms with Crippen LogP contribution in [0, 0.1) is 6.92 Å². The number of nitrogens with two attached hydrogens (primary N) is 1. The van der Waals surface area contributed by atoms with E-state index in [0.29, 0.717) is 40.4 Å². The molecule has 0 radical (unpaired) electrons. The van der Waals surface area contributed by atoms with Crippen LogP contribution in [0.5, 0.6) is 0 Å². The topological polar surface area (TPSA) is 130 Å². The Morgan fingerprint density at radius 1 is 0.970 bits per heavy atom. The van der Waals surface area contributed by atoms with Crippen molar-refractivity contribution in [1.82, 2.24) is 9.97 Å². The number of aromatic nitrogens is 2. The smallest absolute Gasteiger partial charge is 0.295 e. The molecule has 5 N–H and O–H groups in total. The fourth-order valence-corrected chi connectivity index (χ4v) is 4.51. The summed E-state index contributed by atoms with van der Waals surface area (Å²) in [5.74, 6) is 0.722. The van der Waals surface area contributed by atoms with Crippen LogP contribution in [0.3, 0.4) is 0 Å². The van der Waals surface area contributed by atoms with Crippen LogP contribution in [-0.4, -0.2) is 36.0 Å². The van der Waals surface area contributed by atoms with Crippen molar-refractivity contribution < 1.29 is 13.0 Å². The van der Waals surface area contributed by atoms with Crippen molar-refractivity contribution in [3.63, 3.8) is 0 Å². The van der Waals surface area contributed by atoms with Gasteiger partial charge in [0.1, 0.15) is 10.7 Å². The zero-order chi connectivity index (χ0) is 23.6. The first-order valence-electron chi connectivity index (χ1n) is 10.1. The summed E-state index contributed by atoms with van der Waals surface area (Å²) in [5, 5.41) is 8.29. The van der Waals surface area contributed by atoms with E-state index in [1.165, 1.54) is 6.07 Å². The molecule has 4 rings (SSSR count). The van der Waals surface area contributed by atoms with E-state index >= 15 is 0 Å². The van der Waals surface area contributed by atoms with Crippen LogP contribution in [0.25, 0.3) is 22.0 Å². The zero-order valence-electron chi connectivity index (χ0n) is 17.7. The molecule has 0 spiro atoms. The lowest BCUT2D eigenvalue weighted by Gasteiger charge is -2.13. The zero-order valence-corrected chi connectivity index (χ0v) is 19.3. The minimum Gasteiger partial charge on any atom is -0.383 e. The molecule has 0 saturated heterocycles. The molecule has 0 amide bonds. The highest BCUT2D eigenvalue weighted by Gasteiger charge is 2.15. The number of hydrogen-bond donors (Lipinski definition) is 4. The second-order valence-electron chi connectivity index (χ2n) is 7.39. The third kappa shape index (κ3) is 5.00. The highest BCUT2D eigenvalue weighted by atomic mass is 35.5. The number of hydrogen-bond acceptors (Lipinski definition) is 7. The molecule has 0 atom stereocenters. The fraction of sp³-hybridized carbons (Fsp3) is 0.130. The average molecular weight is 484 g/mol. The molecule has 0 aliphatic carbocycles. The quantitative estimate of drug-likeness (QED) is 0.221. The van der Waals surface area contributed by atoms with E-state index in [4.69, 9.17) is 17.3 Å². The maximum Gasteiger partial charge on any atom is 0.295 e. The SMILES string of the molecule is Cc1c(Cl)cccc1-c1cc(NCCNc2cccc3c(S(=O)(=O)O)cccc23)nc(N)n1. The first kappa shape index (κ1) is 22.8. The summed E-state index contributed by atoms with van der Waals surface area (Å²) in [6, 6.07) is 17.4.